The van der Waals surface area contributed by atoms with Crippen LogP contribution in [0.15, 0.2) is 18.2 Å². The number of benzene rings is 1. The molecule has 0 spiro atoms. The summed E-state index contributed by atoms with van der Waals surface area (Å²) in [6.07, 6.45) is 4.12. The van der Waals surface area contributed by atoms with Gasteiger partial charge in [-0.25, -0.2) is 0 Å². The molecule has 2 atom stereocenters. The van der Waals surface area contributed by atoms with E-state index in [0.717, 1.165) is 25.7 Å². The number of hydrogen-bond acceptors (Lipinski definition) is 5. The van der Waals surface area contributed by atoms with Crippen molar-refractivity contribution in [2.24, 2.45) is 0 Å². The Morgan fingerprint density at radius 3 is 2.45 bits per heavy atom. The summed E-state index contributed by atoms with van der Waals surface area (Å²) in [5.74, 6) is 0.558. The van der Waals surface area contributed by atoms with E-state index in [9.17, 15) is 14.7 Å². The Hall–Kier alpha value is -1.02. The summed E-state index contributed by atoms with van der Waals surface area (Å²) in [6, 6.07) is 4.78. The Balaban J connectivity index is 2.38. The third-order valence-corrected chi connectivity index (χ3v) is 6.19. The number of aliphatic hydroxyl groups is 1. The zero-order valence-corrected chi connectivity index (χ0v) is 19.7. The molecule has 1 aromatic carbocycles. The van der Waals surface area contributed by atoms with Crippen LogP contribution in [0.3, 0.4) is 0 Å². The van der Waals surface area contributed by atoms with E-state index in [-0.39, 0.29) is 24.1 Å². The first-order valence-electron chi connectivity index (χ1n) is 9.37. The van der Waals surface area contributed by atoms with Crippen LogP contribution in [-0.4, -0.2) is 45.7 Å². The van der Waals surface area contributed by atoms with Crippen molar-refractivity contribution in [2.45, 2.75) is 60.9 Å². The van der Waals surface area contributed by atoms with Gasteiger partial charge in [0.05, 0.1) is 24.1 Å². The van der Waals surface area contributed by atoms with Crippen LogP contribution in [-0.2, 0) is 15.2 Å². The highest BCUT2D eigenvalue weighted by Gasteiger charge is 2.43. The zero-order chi connectivity index (χ0) is 21.8. The second-order valence-electron chi connectivity index (χ2n) is 7.64. The van der Waals surface area contributed by atoms with E-state index in [1.807, 2.05) is 0 Å². The molecule has 2 N–H and O–H groups in total. The van der Waals surface area contributed by atoms with Gasteiger partial charge in [-0.1, -0.05) is 22.0 Å². The minimum absolute atomic E-state index is 0.0580. The molecule has 0 radical (unpaired) electrons. The van der Waals surface area contributed by atoms with Gasteiger partial charge in [-0.2, -0.15) is 0 Å². The predicted molar refractivity (Wildman–Crippen MR) is 116 cm³/mol. The summed E-state index contributed by atoms with van der Waals surface area (Å²) >= 11 is 15.0. The summed E-state index contributed by atoms with van der Waals surface area (Å²) < 4.78 is 10.6. The van der Waals surface area contributed by atoms with E-state index < -0.39 is 20.5 Å². The molecule has 29 heavy (non-hydrogen) atoms. The molecule has 162 valence electrons. The molecule has 1 aromatic rings. The van der Waals surface area contributed by atoms with Gasteiger partial charge >= 0.3 is 0 Å². The van der Waals surface area contributed by atoms with Crippen molar-refractivity contribution in [2.75, 3.05) is 13.7 Å². The number of hydrogen-bond donors (Lipinski definition) is 2. The van der Waals surface area contributed by atoms with Gasteiger partial charge < -0.3 is 19.9 Å². The van der Waals surface area contributed by atoms with Crippen molar-refractivity contribution < 1.29 is 24.2 Å². The van der Waals surface area contributed by atoms with E-state index in [0.29, 0.717) is 11.5 Å². The van der Waals surface area contributed by atoms with Gasteiger partial charge in [-0.15, -0.1) is 11.6 Å². The largest absolute Gasteiger partial charge is 0.493 e. The van der Waals surface area contributed by atoms with E-state index in [1.54, 1.807) is 32.0 Å². The SMILES string of the molecule is COc1ccc(C(O)(CNC(=O)C(C)(C)Br)C(Cl)C(=O)Cl)cc1OC1CCCC1. The number of carbonyl (C=O) groups is 2. The zero-order valence-electron chi connectivity index (χ0n) is 16.6. The van der Waals surface area contributed by atoms with Gasteiger partial charge in [0.1, 0.15) is 11.0 Å². The smallest absolute Gasteiger partial charge is 0.242 e. The fraction of sp³-hybridized carbons (Fsp3) is 0.600. The number of ether oxygens (including phenoxy) is 2. The van der Waals surface area contributed by atoms with E-state index in [1.165, 1.54) is 7.11 Å². The Morgan fingerprint density at radius 1 is 1.31 bits per heavy atom. The third-order valence-electron chi connectivity index (χ3n) is 4.94. The van der Waals surface area contributed by atoms with Gasteiger partial charge in [-0.05, 0) is 68.8 Å². The van der Waals surface area contributed by atoms with Crippen LogP contribution >= 0.6 is 39.1 Å². The number of alkyl halides is 2. The highest BCUT2D eigenvalue weighted by atomic mass is 79.9. The van der Waals surface area contributed by atoms with Gasteiger partial charge in [0.25, 0.3) is 0 Å². The first kappa shape index (κ1) is 24.3. The number of amides is 1. The number of methoxy groups -OCH3 is 1. The molecule has 1 amide bonds. The lowest BCUT2D eigenvalue weighted by Gasteiger charge is -2.33. The maximum absolute atomic E-state index is 12.3. The van der Waals surface area contributed by atoms with E-state index in [2.05, 4.69) is 21.2 Å². The Bertz CT molecular complexity index is 749. The standard InChI is InChI=1S/C20H26BrCl2NO5/c1-19(2,21)18(26)24-11-20(27,16(22)17(23)25)12-8-9-14(28-3)15(10-12)29-13-6-4-5-7-13/h8-10,13,16,27H,4-7,11H2,1-3H3,(H,24,26). The first-order chi connectivity index (χ1) is 13.5. The minimum Gasteiger partial charge on any atom is -0.493 e. The normalized spacial score (nSPS) is 18.0. The molecule has 6 nitrogen and oxygen atoms in total. The second kappa shape index (κ2) is 9.86. The number of rotatable bonds is 9. The van der Waals surface area contributed by atoms with Crippen LogP contribution in [0, 0.1) is 0 Å². The summed E-state index contributed by atoms with van der Waals surface area (Å²) in [7, 11) is 1.52. The lowest BCUT2D eigenvalue weighted by atomic mass is 9.89. The van der Waals surface area contributed by atoms with Crippen molar-refractivity contribution in [3.8, 4) is 11.5 Å². The predicted octanol–water partition coefficient (Wildman–Crippen LogP) is 3.87. The lowest BCUT2D eigenvalue weighted by Crippen LogP contribution is -2.51. The quantitative estimate of drug-likeness (QED) is 0.389. The van der Waals surface area contributed by atoms with Crippen LogP contribution in [0.4, 0.5) is 0 Å². The van der Waals surface area contributed by atoms with Crippen molar-refractivity contribution in [1.82, 2.24) is 5.32 Å². The van der Waals surface area contributed by atoms with E-state index >= 15 is 0 Å². The number of carbonyl (C=O) groups excluding carboxylic acids is 2. The molecular weight excluding hydrogens is 485 g/mol. The van der Waals surface area contributed by atoms with Crippen molar-refractivity contribution in [3.63, 3.8) is 0 Å². The molecular formula is C20H26BrCl2NO5. The Morgan fingerprint density at radius 2 is 1.93 bits per heavy atom. The maximum Gasteiger partial charge on any atom is 0.242 e. The second-order valence-corrected chi connectivity index (χ2v) is 10.4. The van der Waals surface area contributed by atoms with Crippen molar-refractivity contribution in [1.29, 1.82) is 0 Å². The topological polar surface area (TPSA) is 84.9 Å². The molecule has 0 aliphatic heterocycles. The first-order valence-corrected chi connectivity index (χ1v) is 11.0. The van der Waals surface area contributed by atoms with Crippen molar-refractivity contribution >= 4 is 50.3 Å². The molecule has 0 aromatic heterocycles. The summed E-state index contributed by atoms with van der Waals surface area (Å²) in [6.45, 7) is 3.00. The fourth-order valence-corrected chi connectivity index (χ4v) is 3.70. The van der Waals surface area contributed by atoms with Crippen LogP contribution in [0.25, 0.3) is 0 Å². The molecule has 1 aliphatic rings. The molecule has 1 saturated carbocycles. The molecule has 2 unspecified atom stereocenters. The van der Waals surface area contributed by atoms with Crippen molar-refractivity contribution in [3.05, 3.63) is 23.8 Å². The summed E-state index contributed by atoms with van der Waals surface area (Å²) in [5, 5.41) is 11.5. The molecule has 0 saturated heterocycles. The molecule has 1 aliphatic carbocycles. The van der Waals surface area contributed by atoms with E-state index in [4.69, 9.17) is 32.7 Å². The summed E-state index contributed by atoms with van der Waals surface area (Å²) in [5.41, 5.74) is -1.66. The number of nitrogens with one attached hydrogen (secondary N) is 1. The monoisotopic (exact) mass is 509 g/mol. The molecule has 0 bridgehead atoms. The molecule has 2 rings (SSSR count). The lowest BCUT2D eigenvalue weighted by molar-refractivity contribution is -0.125. The fourth-order valence-electron chi connectivity index (χ4n) is 3.17. The molecule has 1 fully saturated rings. The van der Waals surface area contributed by atoms with Gasteiger partial charge in [0, 0.05) is 0 Å². The Labute approximate surface area is 189 Å². The number of halogens is 3. The average molecular weight is 511 g/mol. The Kier molecular flexibility index (Phi) is 8.24. The van der Waals surface area contributed by atoms with Crippen LogP contribution in [0.2, 0.25) is 0 Å². The minimum atomic E-state index is -1.95. The van der Waals surface area contributed by atoms with Gasteiger partial charge in [0.15, 0.2) is 11.5 Å². The molecule has 9 heteroatoms. The highest BCUT2D eigenvalue weighted by molar-refractivity contribution is 9.10. The average Bonchev–Trinajstić information content (AvgIpc) is 3.17. The maximum atomic E-state index is 12.3. The van der Waals surface area contributed by atoms with Gasteiger partial charge in [0.2, 0.25) is 11.1 Å². The highest BCUT2D eigenvalue weighted by Crippen LogP contribution is 2.38. The van der Waals surface area contributed by atoms with Gasteiger partial charge in [-0.3, -0.25) is 9.59 Å². The third kappa shape index (κ3) is 6.00. The van der Waals surface area contributed by atoms with Crippen LogP contribution < -0.4 is 14.8 Å². The molecule has 0 heterocycles. The van der Waals surface area contributed by atoms with Crippen LogP contribution in [0.5, 0.6) is 11.5 Å². The summed E-state index contributed by atoms with van der Waals surface area (Å²) in [4.78, 5) is 24.0. The van der Waals surface area contributed by atoms with Crippen LogP contribution in [0.1, 0.15) is 45.1 Å².